The first kappa shape index (κ1) is 11.0. The van der Waals surface area contributed by atoms with E-state index in [2.05, 4.69) is 4.90 Å². The van der Waals surface area contributed by atoms with Crippen molar-refractivity contribution in [2.75, 3.05) is 19.6 Å². The zero-order chi connectivity index (χ0) is 11.0. The monoisotopic (exact) mass is 222 g/mol. The van der Waals surface area contributed by atoms with E-state index in [4.69, 9.17) is 5.73 Å². The largest absolute Gasteiger partial charge is 0.329 e. The molecule has 1 heterocycles. The summed E-state index contributed by atoms with van der Waals surface area (Å²) in [5.74, 6) is 0.913. The Morgan fingerprint density at radius 1 is 1.06 bits per heavy atom. The maximum Gasteiger partial charge on any atom is 0.0247 e. The number of hydrogen-bond acceptors (Lipinski definition) is 2. The van der Waals surface area contributed by atoms with Gasteiger partial charge >= 0.3 is 0 Å². The van der Waals surface area contributed by atoms with Gasteiger partial charge in [0.1, 0.15) is 0 Å². The fourth-order valence-electron chi connectivity index (χ4n) is 4.20. The van der Waals surface area contributed by atoms with Gasteiger partial charge in [-0.3, -0.25) is 4.90 Å². The lowest BCUT2D eigenvalue weighted by molar-refractivity contribution is -0.0952. The van der Waals surface area contributed by atoms with Gasteiger partial charge in [-0.1, -0.05) is 25.7 Å². The molecule has 3 rings (SSSR count). The maximum atomic E-state index is 6.02. The van der Waals surface area contributed by atoms with Crippen molar-refractivity contribution >= 4 is 0 Å². The Hall–Kier alpha value is -0.0800. The average molecular weight is 222 g/mol. The molecule has 0 bridgehead atoms. The lowest BCUT2D eigenvalue weighted by Gasteiger charge is -2.59. The lowest BCUT2D eigenvalue weighted by Crippen LogP contribution is -2.65. The molecule has 2 aliphatic carbocycles. The van der Waals surface area contributed by atoms with Crippen LogP contribution in [0.2, 0.25) is 0 Å². The van der Waals surface area contributed by atoms with Gasteiger partial charge in [-0.25, -0.2) is 0 Å². The first-order valence-electron chi connectivity index (χ1n) is 7.27. The van der Waals surface area contributed by atoms with Crippen LogP contribution in [-0.2, 0) is 0 Å². The summed E-state index contributed by atoms with van der Waals surface area (Å²) in [4.78, 5) is 2.70. The van der Waals surface area contributed by atoms with E-state index in [1.807, 2.05) is 0 Å². The van der Waals surface area contributed by atoms with Crippen molar-refractivity contribution in [3.05, 3.63) is 0 Å². The highest BCUT2D eigenvalue weighted by molar-refractivity contribution is 5.03. The maximum absolute atomic E-state index is 6.02. The molecule has 0 aromatic rings. The van der Waals surface area contributed by atoms with Gasteiger partial charge in [0.2, 0.25) is 0 Å². The second-order valence-corrected chi connectivity index (χ2v) is 6.46. The molecule has 0 aromatic carbocycles. The van der Waals surface area contributed by atoms with Crippen molar-refractivity contribution in [2.45, 2.75) is 57.4 Å². The zero-order valence-corrected chi connectivity index (χ0v) is 10.5. The Bertz CT molecular complexity index is 233. The van der Waals surface area contributed by atoms with Crippen LogP contribution in [0.15, 0.2) is 0 Å². The van der Waals surface area contributed by atoms with Crippen LogP contribution in [0.5, 0.6) is 0 Å². The Kier molecular flexibility index (Phi) is 2.97. The summed E-state index contributed by atoms with van der Waals surface area (Å²) in [6.45, 7) is 3.62. The summed E-state index contributed by atoms with van der Waals surface area (Å²) >= 11 is 0. The van der Waals surface area contributed by atoms with Gasteiger partial charge in [-0.2, -0.15) is 0 Å². The van der Waals surface area contributed by atoms with E-state index >= 15 is 0 Å². The molecule has 1 spiro atoms. The molecule has 2 saturated carbocycles. The minimum Gasteiger partial charge on any atom is -0.329 e. The van der Waals surface area contributed by atoms with Crippen molar-refractivity contribution in [1.29, 1.82) is 0 Å². The topological polar surface area (TPSA) is 29.3 Å². The Balaban J connectivity index is 1.54. The SMILES string of the molecule is NCC(C1CCCCC1)N1CC2(CCC2)C1. The van der Waals surface area contributed by atoms with Crippen LogP contribution in [0.25, 0.3) is 0 Å². The number of likely N-dealkylation sites (tertiary alicyclic amines) is 1. The summed E-state index contributed by atoms with van der Waals surface area (Å²) in [5.41, 5.74) is 6.79. The molecule has 0 radical (unpaired) electrons. The molecular formula is C14H26N2. The predicted octanol–water partition coefficient (Wildman–Crippen LogP) is 2.38. The molecule has 1 saturated heterocycles. The molecule has 1 aliphatic heterocycles. The van der Waals surface area contributed by atoms with Gasteiger partial charge in [0, 0.05) is 25.7 Å². The molecular weight excluding hydrogens is 196 g/mol. The third kappa shape index (κ3) is 1.80. The molecule has 2 N–H and O–H groups in total. The van der Waals surface area contributed by atoms with Crippen molar-refractivity contribution in [1.82, 2.24) is 4.90 Å². The number of nitrogens with zero attached hydrogens (tertiary/aromatic N) is 1. The highest BCUT2D eigenvalue weighted by Gasteiger charge is 2.49. The van der Waals surface area contributed by atoms with E-state index in [1.54, 1.807) is 0 Å². The Labute approximate surface area is 99.6 Å². The van der Waals surface area contributed by atoms with Gasteiger partial charge in [0.25, 0.3) is 0 Å². The third-order valence-electron chi connectivity index (χ3n) is 5.40. The lowest BCUT2D eigenvalue weighted by atomic mass is 9.62. The minimum absolute atomic E-state index is 0.714. The van der Waals surface area contributed by atoms with Crippen molar-refractivity contribution in [2.24, 2.45) is 17.1 Å². The van der Waals surface area contributed by atoms with Gasteiger partial charge < -0.3 is 5.73 Å². The van der Waals surface area contributed by atoms with E-state index in [0.29, 0.717) is 6.04 Å². The third-order valence-corrected chi connectivity index (χ3v) is 5.40. The molecule has 1 unspecified atom stereocenters. The summed E-state index contributed by atoms with van der Waals surface area (Å²) < 4.78 is 0. The second kappa shape index (κ2) is 4.30. The van der Waals surface area contributed by atoms with Crippen molar-refractivity contribution in [3.8, 4) is 0 Å². The zero-order valence-electron chi connectivity index (χ0n) is 10.5. The van der Waals surface area contributed by atoms with E-state index in [1.165, 1.54) is 64.5 Å². The van der Waals surface area contributed by atoms with Crippen LogP contribution in [-0.4, -0.2) is 30.6 Å². The molecule has 0 aromatic heterocycles. The minimum atomic E-state index is 0.714. The summed E-state index contributed by atoms with van der Waals surface area (Å²) in [5, 5.41) is 0. The first-order valence-corrected chi connectivity index (χ1v) is 7.27. The number of nitrogens with two attached hydrogens (primary N) is 1. The molecule has 2 heteroatoms. The van der Waals surface area contributed by atoms with E-state index in [0.717, 1.165) is 17.9 Å². The van der Waals surface area contributed by atoms with Crippen LogP contribution < -0.4 is 5.73 Å². The van der Waals surface area contributed by atoms with Gasteiger partial charge in [-0.05, 0) is 37.0 Å². The summed E-state index contributed by atoms with van der Waals surface area (Å²) in [6, 6.07) is 0.714. The van der Waals surface area contributed by atoms with Gasteiger partial charge in [0.15, 0.2) is 0 Å². The predicted molar refractivity (Wildman–Crippen MR) is 67.3 cm³/mol. The molecule has 0 amide bonds. The first-order chi connectivity index (χ1) is 7.83. The highest BCUT2D eigenvalue weighted by Crippen LogP contribution is 2.49. The molecule has 2 nitrogen and oxygen atoms in total. The fraction of sp³-hybridized carbons (Fsp3) is 1.00. The molecule has 3 aliphatic rings. The summed E-state index contributed by atoms with van der Waals surface area (Å²) in [6.07, 6.45) is 11.7. The van der Waals surface area contributed by atoms with Gasteiger partial charge in [-0.15, -0.1) is 0 Å². The van der Waals surface area contributed by atoms with Gasteiger partial charge in [0.05, 0.1) is 0 Å². The number of rotatable bonds is 3. The average Bonchev–Trinajstić information content (AvgIpc) is 2.21. The molecule has 1 atom stereocenters. The standard InChI is InChI=1S/C14H26N2/c15-9-13(12-5-2-1-3-6-12)16-10-14(11-16)7-4-8-14/h12-13H,1-11,15H2. The number of hydrogen-bond donors (Lipinski definition) is 1. The molecule has 16 heavy (non-hydrogen) atoms. The Morgan fingerprint density at radius 2 is 1.75 bits per heavy atom. The quantitative estimate of drug-likeness (QED) is 0.794. The van der Waals surface area contributed by atoms with Crippen LogP contribution >= 0.6 is 0 Å². The smallest absolute Gasteiger partial charge is 0.0247 e. The molecule has 92 valence electrons. The second-order valence-electron chi connectivity index (χ2n) is 6.46. The fourth-order valence-corrected chi connectivity index (χ4v) is 4.20. The van der Waals surface area contributed by atoms with E-state index < -0.39 is 0 Å². The van der Waals surface area contributed by atoms with Crippen molar-refractivity contribution in [3.63, 3.8) is 0 Å². The van der Waals surface area contributed by atoms with Crippen molar-refractivity contribution < 1.29 is 0 Å². The van der Waals surface area contributed by atoms with Crippen LogP contribution in [0, 0.1) is 11.3 Å². The molecule has 3 fully saturated rings. The Morgan fingerprint density at radius 3 is 2.25 bits per heavy atom. The van der Waals surface area contributed by atoms with Crippen LogP contribution in [0.3, 0.4) is 0 Å². The van der Waals surface area contributed by atoms with E-state index in [-0.39, 0.29) is 0 Å². The summed E-state index contributed by atoms with van der Waals surface area (Å²) in [7, 11) is 0. The van der Waals surface area contributed by atoms with Crippen LogP contribution in [0.1, 0.15) is 51.4 Å². The highest BCUT2D eigenvalue weighted by atomic mass is 15.2. The normalized spacial score (nSPS) is 32.1. The van der Waals surface area contributed by atoms with Crippen LogP contribution in [0.4, 0.5) is 0 Å². The van der Waals surface area contributed by atoms with E-state index in [9.17, 15) is 0 Å².